The monoisotopic (exact) mass is 218 g/mol. The Morgan fingerprint density at radius 1 is 1.73 bits per heavy atom. The number of esters is 1. The van der Waals surface area contributed by atoms with Gasteiger partial charge in [-0.3, -0.25) is 4.79 Å². The van der Waals surface area contributed by atoms with Crippen molar-refractivity contribution < 1.29 is 9.53 Å². The summed E-state index contributed by atoms with van der Waals surface area (Å²) in [6.07, 6.45) is 2.21. The minimum Gasteiger partial charge on any atom is -0.466 e. The van der Waals surface area contributed by atoms with E-state index >= 15 is 0 Å². The molecule has 2 aliphatic carbocycles. The third kappa shape index (κ3) is 1.01. The summed E-state index contributed by atoms with van der Waals surface area (Å²) in [5, 5.41) is 0. The molecule has 11 heavy (non-hydrogen) atoms. The van der Waals surface area contributed by atoms with Gasteiger partial charge in [-0.2, -0.15) is 0 Å². The van der Waals surface area contributed by atoms with E-state index in [0.717, 1.165) is 12.8 Å². The second-order valence-corrected chi connectivity index (χ2v) is 4.52. The van der Waals surface area contributed by atoms with Gasteiger partial charge in [0.2, 0.25) is 0 Å². The molecule has 2 fully saturated rings. The standard InChI is InChI=1S/C8H11BrO2/c1-2-11-7(10)5-3-8(5)4-6(8)9/h5-6H,2-4H2,1H3/t5?,6?,8-/m1/s1. The maximum Gasteiger partial charge on any atom is 0.309 e. The molecule has 0 saturated heterocycles. The molecular weight excluding hydrogens is 208 g/mol. The van der Waals surface area contributed by atoms with Crippen LogP contribution < -0.4 is 0 Å². The lowest BCUT2D eigenvalue weighted by Crippen LogP contribution is -2.08. The predicted molar refractivity (Wildman–Crippen MR) is 44.5 cm³/mol. The highest BCUT2D eigenvalue weighted by Crippen LogP contribution is 2.73. The predicted octanol–water partition coefficient (Wildman–Crippen LogP) is 1.72. The number of hydrogen-bond donors (Lipinski definition) is 0. The Labute approximate surface area is 74.4 Å². The van der Waals surface area contributed by atoms with Crippen molar-refractivity contribution in [2.75, 3.05) is 6.61 Å². The van der Waals surface area contributed by atoms with E-state index in [0.29, 0.717) is 16.8 Å². The zero-order valence-electron chi connectivity index (χ0n) is 6.47. The Hall–Kier alpha value is -0.0500. The average molecular weight is 219 g/mol. The highest BCUT2D eigenvalue weighted by molar-refractivity contribution is 9.09. The van der Waals surface area contributed by atoms with Crippen LogP contribution in [0.1, 0.15) is 19.8 Å². The lowest BCUT2D eigenvalue weighted by Gasteiger charge is -1.98. The molecule has 0 radical (unpaired) electrons. The molecule has 0 heterocycles. The summed E-state index contributed by atoms with van der Waals surface area (Å²) >= 11 is 3.52. The van der Waals surface area contributed by atoms with Crippen molar-refractivity contribution in [3.8, 4) is 0 Å². The Bertz CT molecular complexity index is 204. The Balaban J connectivity index is 1.87. The van der Waals surface area contributed by atoms with Crippen LogP contribution in [0.5, 0.6) is 0 Å². The van der Waals surface area contributed by atoms with Crippen LogP contribution in [-0.4, -0.2) is 17.4 Å². The summed E-state index contributed by atoms with van der Waals surface area (Å²) in [5.74, 6) is 0.223. The molecule has 0 aromatic heterocycles. The smallest absolute Gasteiger partial charge is 0.309 e. The van der Waals surface area contributed by atoms with Crippen molar-refractivity contribution in [3.63, 3.8) is 0 Å². The normalized spacial score (nSPS) is 45.6. The number of rotatable bonds is 2. The molecule has 2 saturated carbocycles. The zero-order chi connectivity index (χ0) is 8.06. The SMILES string of the molecule is CCOC(=O)C1C[C@@]12CC2Br. The van der Waals surface area contributed by atoms with Gasteiger partial charge in [-0.25, -0.2) is 0 Å². The van der Waals surface area contributed by atoms with Crippen molar-refractivity contribution in [1.29, 1.82) is 0 Å². The molecule has 2 unspecified atom stereocenters. The molecule has 2 rings (SSSR count). The highest BCUT2D eigenvalue weighted by Gasteiger charge is 2.72. The maximum absolute atomic E-state index is 11.2. The van der Waals surface area contributed by atoms with Gasteiger partial charge in [-0.1, -0.05) is 15.9 Å². The molecule has 0 aromatic rings. The minimum absolute atomic E-state index is 0.00875. The van der Waals surface area contributed by atoms with Crippen LogP contribution in [0.4, 0.5) is 0 Å². The third-order valence-electron chi connectivity index (χ3n) is 2.71. The van der Waals surface area contributed by atoms with Crippen LogP contribution in [-0.2, 0) is 9.53 Å². The molecule has 3 heteroatoms. The van der Waals surface area contributed by atoms with Gasteiger partial charge in [0.1, 0.15) is 0 Å². The number of carbonyl (C=O) groups excluding carboxylic acids is 1. The first kappa shape index (κ1) is 7.59. The van der Waals surface area contributed by atoms with Gasteiger partial charge in [0.15, 0.2) is 0 Å². The molecule has 2 aliphatic rings. The average Bonchev–Trinajstić information content (AvgIpc) is 2.78. The topological polar surface area (TPSA) is 26.3 Å². The molecular formula is C8H11BrO2. The molecule has 3 atom stereocenters. The number of ether oxygens (including phenoxy) is 1. The first-order chi connectivity index (χ1) is 5.20. The van der Waals surface area contributed by atoms with Gasteiger partial charge < -0.3 is 4.74 Å². The number of halogens is 1. The second kappa shape index (κ2) is 2.22. The summed E-state index contributed by atoms with van der Waals surface area (Å²) in [4.78, 5) is 11.8. The van der Waals surface area contributed by atoms with Crippen molar-refractivity contribution in [3.05, 3.63) is 0 Å². The molecule has 1 spiro atoms. The van der Waals surface area contributed by atoms with Crippen molar-refractivity contribution in [2.45, 2.75) is 24.6 Å². The van der Waals surface area contributed by atoms with Crippen molar-refractivity contribution in [1.82, 2.24) is 0 Å². The zero-order valence-corrected chi connectivity index (χ0v) is 8.06. The van der Waals surface area contributed by atoms with Gasteiger partial charge in [0.25, 0.3) is 0 Å². The van der Waals surface area contributed by atoms with Crippen LogP contribution in [0.25, 0.3) is 0 Å². The van der Waals surface area contributed by atoms with Crippen LogP contribution in [0.2, 0.25) is 0 Å². The van der Waals surface area contributed by atoms with E-state index < -0.39 is 0 Å². The fourth-order valence-electron chi connectivity index (χ4n) is 1.73. The summed E-state index contributed by atoms with van der Waals surface area (Å²) in [5.41, 5.74) is 0.340. The van der Waals surface area contributed by atoms with Crippen LogP contribution in [0.15, 0.2) is 0 Å². The molecule has 62 valence electrons. The summed E-state index contributed by atoms with van der Waals surface area (Å²) < 4.78 is 4.93. The largest absolute Gasteiger partial charge is 0.466 e. The molecule has 0 aliphatic heterocycles. The summed E-state index contributed by atoms with van der Waals surface area (Å²) in [6, 6.07) is 0. The summed E-state index contributed by atoms with van der Waals surface area (Å²) in [6.45, 7) is 2.36. The fraction of sp³-hybridized carbons (Fsp3) is 0.875. The molecule has 0 aromatic carbocycles. The van der Waals surface area contributed by atoms with E-state index in [4.69, 9.17) is 4.74 Å². The van der Waals surface area contributed by atoms with Crippen LogP contribution in [0.3, 0.4) is 0 Å². The fourth-order valence-corrected chi connectivity index (χ4v) is 2.84. The third-order valence-corrected chi connectivity index (χ3v) is 3.95. The van der Waals surface area contributed by atoms with E-state index in [1.165, 1.54) is 0 Å². The maximum atomic E-state index is 11.2. The number of alkyl halides is 1. The number of hydrogen-bond acceptors (Lipinski definition) is 2. The van der Waals surface area contributed by atoms with Crippen LogP contribution in [0, 0.1) is 11.3 Å². The summed E-state index contributed by atoms with van der Waals surface area (Å²) in [7, 11) is 0. The molecule has 0 bridgehead atoms. The van der Waals surface area contributed by atoms with Crippen LogP contribution >= 0.6 is 15.9 Å². The molecule has 0 N–H and O–H groups in total. The quantitative estimate of drug-likeness (QED) is 0.522. The minimum atomic E-state index is 0.00875. The lowest BCUT2D eigenvalue weighted by atomic mass is 10.3. The van der Waals surface area contributed by atoms with E-state index in [9.17, 15) is 4.79 Å². The van der Waals surface area contributed by atoms with E-state index in [-0.39, 0.29) is 11.9 Å². The Morgan fingerprint density at radius 3 is 2.73 bits per heavy atom. The van der Waals surface area contributed by atoms with Gasteiger partial charge in [0.05, 0.1) is 12.5 Å². The first-order valence-corrected chi connectivity index (χ1v) is 4.93. The van der Waals surface area contributed by atoms with E-state index in [1.54, 1.807) is 0 Å². The number of carbonyl (C=O) groups is 1. The first-order valence-electron chi connectivity index (χ1n) is 4.01. The van der Waals surface area contributed by atoms with E-state index in [1.807, 2.05) is 6.92 Å². The second-order valence-electron chi connectivity index (χ2n) is 3.41. The Kier molecular flexibility index (Phi) is 1.53. The van der Waals surface area contributed by atoms with Gasteiger partial charge >= 0.3 is 5.97 Å². The van der Waals surface area contributed by atoms with E-state index in [2.05, 4.69) is 15.9 Å². The highest BCUT2D eigenvalue weighted by atomic mass is 79.9. The van der Waals surface area contributed by atoms with Gasteiger partial charge in [0, 0.05) is 4.83 Å². The van der Waals surface area contributed by atoms with Gasteiger partial charge in [-0.15, -0.1) is 0 Å². The van der Waals surface area contributed by atoms with Crippen molar-refractivity contribution in [2.24, 2.45) is 11.3 Å². The molecule has 2 nitrogen and oxygen atoms in total. The Morgan fingerprint density at radius 2 is 2.36 bits per heavy atom. The molecule has 0 amide bonds. The lowest BCUT2D eigenvalue weighted by molar-refractivity contribution is -0.145. The van der Waals surface area contributed by atoms with Crippen molar-refractivity contribution >= 4 is 21.9 Å². The van der Waals surface area contributed by atoms with Gasteiger partial charge in [-0.05, 0) is 25.2 Å².